The van der Waals surface area contributed by atoms with Crippen molar-refractivity contribution in [3.8, 4) is 0 Å². The summed E-state index contributed by atoms with van der Waals surface area (Å²) in [4.78, 5) is -0.0203. The minimum absolute atomic E-state index is 0.0203. The van der Waals surface area contributed by atoms with Gasteiger partial charge in [0.1, 0.15) is 5.25 Å². The van der Waals surface area contributed by atoms with E-state index < -0.39 is 27.4 Å². The zero-order chi connectivity index (χ0) is 13.8. The van der Waals surface area contributed by atoms with Crippen molar-refractivity contribution in [1.82, 2.24) is 4.72 Å². The molecule has 1 saturated carbocycles. The Kier molecular flexibility index (Phi) is 5.97. The molecule has 18 heavy (non-hydrogen) atoms. The zero-order valence-corrected chi connectivity index (χ0v) is 12.3. The van der Waals surface area contributed by atoms with Crippen molar-refractivity contribution in [3.63, 3.8) is 0 Å². The highest BCUT2D eigenvalue weighted by Crippen LogP contribution is 2.19. The Labute approximate surface area is 114 Å². The summed E-state index contributed by atoms with van der Waals surface area (Å²) in [5, 5.41) is 9.06. The molecule has 1 fully saturated rings. The topological polar surface area (TPSA) is 92.4 Å². The van der Waals surface area contributed by atoms with Gasteiger partial charge in [-0.05, 0) is 19.3 Å². The van der Waals surface area contributed by atoms with E-state index in [1.807, 2.05) is 0 Å². The molecule has 0 saturated heterocycles. The number of hydrogen-bond donors (Lipinski definition) is 3. The van der Waals surface area contributed by atoms with Gasteiger partial charge in [0.15, 0.2) is 0 Å². The van der Waals surface area contributed by atoms with Crippen molar-refractivity contribution in [3.05, 3.63) is 0 Å². The van der Waals surface area contributed by atoms with Crippen LogP contribution in [-0.4, -0.2) is 35.9 Å². The van der Waals surface area contributed by atoms with Crippen LogP contribution in [0.2, 0.25) is 0 Å². The molecule has 0 spiro atoms. The van der Waals surface area contributed by atoms with E-state index >= 15 is 0 Å². The number of hydrogen-bond acceptors (Lipinski definition) is 4. The minimum atomic E-state index is -3.60. The first kappa shape index (κ1) is 15.8. The van der Waals surface area contributed by atoms with Crippen LogP contribution in [0.25, 0.3) is 0 Å². The average molecular weight is 294 g/mol. The number of nitrogens with two attached hydrogens (primary N) is 1. The lowest BCUT2D eigenvalue weighted by molar-refractivity contribution is 0.130. The van der Waals surface area contributed by atoms with Gasteiger partial charge in [0.25, 0.3) is 0 Å². The molecule has 0 amide bonds. The van der Waals surface area contributed by atoms with E-state index in [4.69, 9.17) is 18.0 Å². The van der Waals surface area contributed by atoms with Crippen molar-refractivity contribution in [2.45, 2.75) is 62.8 Å². The fourth-order valence-corrected chi connectivity index (χ4v) is 4.44. The standard InChI is InChI=1S/C11H22N2O3S2/c1-2-10(11(12)17)18(15,16)13-8-6-4-3-5-7-9(8)14/h8-10,13-14H,2-7H2,1H3,(H2,12,17). The second kappa shape index (κ2) is 6.79. The molecule has 0 aliphatic heterocycles. The highest BCUT2D eigenvalue weighted by Gasteiger charge is 2.32. The summed E-state index contributed by atoms with van der Waals surface area (Å²) in [5.74, 6) is 0. The third-order valence-corrected chi connectivity index (χ3v) is 5.76. The third kappa shape index (κ3) is 4.15. The molecule has 1 rings (SSSR count). The maximum atomic E-state index is 12.1. The maximum Gasteiger partial charge on any atom is 0.221 e. The molecule has 106 valence electrons. The maximum absolute atomic E-state index is 12.1. The Morgan fingerprint density at radius 2 is 2.06 bits per heavy atom. The van der Waals surface area contributed by atoms with Gasteiger partial charge in [-0.25, -0.2) is 13.1 Å². The van der Waals surface area contributed by atoms with Crippen molar-refractivity contribution in [2.75, 3.05) is 0 Å². The minimum Gasteiger partial charge on any atom is -0.392 e. The van der Waals surface area contributed by atoms with E-state index in [-0.39, 0.29) is 4.99 Å². The SMILES string of the molecule is CCC(C(N)=S)S(=O)(=O)NC1CCCCCC1O. The first-order chi connectivity index (χ1) is 8.38. The highest BCUT2D eigenvalue weighted by atomic mass is 32.2. The van der Waals surface area contributed by atoms with Gasteiger partial charge >= 0.3 is 0 Å². The summed E-state index contributed by atoms with van der Waals surface area (Å²) < 4.78 is 26.9. The highest BCUT2D eigenvalue weighted by molar-refractivity contribution is 7.93. The summed E-state index contributed by atoms with van der Waals surface area (Å²) >= 11 is 4.78. The van der Waals surface area contributed by atoms with E-state index in [1.54, 1.807) is 6.92 Å². The fraction of sp³-hybridized carbons (Fsp3) is 0.909. The van der Waals surface area contributed by atoms with Crippen LogP contribution in [0.15, 0.2) is 0 Å². The van der Waals surface area contributed by atoms with Crippen LogP contribution >= 0.6 is 12.2 Å². The summed E-state index contributed by atoms with van der Waals surface area (Å²) in [6.45, 7) is 1.73. The number of nitrogens with one attached hydrogen (secondary N) is 1. The fourth-order valence-electron chi connectivity index (χ4n) is 2.29. The van der Waals surface area contributed by atoms with Gasteiger partial charge in [-0.15, -0.1) is 0 Å². The smallest absolute Gasteiger partial charge is 0.221 e. The Balaban J connectivity index is 2.77. The predicted molar refractivity (Wildman–Crippen MR) is 75.8 cm³/mol. The molecule has 7 heteroatoms. The van der Waals surface area contributed by atoms with E-state index in [2.05, 4.69) is 4.72 Å². The van der Waals surface area contributed by atoms with Crippen LogP contribution in [-0.2, 0) is 10.0 Å². The Hall–Kier alpha value is -0.240. The van der Waals surface area contributed by atoms with E-state index in [9.17, 15) is 13.5 Å². The van der Waals surface area contributed by atoms with Crippen molar-refractivity contribution < 1.29 is 13.5 Å². The Morgan fingerprint density at radius 3 is 2.61 bits per heavy atom. The molecule has 3 unspecified atom stereocenters. The average Bonchev–Trinajstić information content (AvgIpc) is 2.44. The van der Waals surface area contributed by atoms with Gasteiger partial charge in [-0.3, -0.25) is 0 Å². The summed E-state index contributed by atoms with van der Waals surface area (Å²) in [6, 6.07) is -0.416. The number of thiocarbonyl (C=S) groups is 1. The summed E-state index contributed by atoms with van der Waals surface area (Å²) in [6.07, 6.45) is 3.91. The van der Waals surface area contributed by atoms with Gasteiger partial charge in [0, 0.05) is 6.04 Å². The molecule has 5 nitrogen and oxygen atoms in total. The Morgan fingerprint density at radius 1 is 1.44 bits per heavy atom. The molecule has 3 atom stereocenters. The molecule has 0 heterocycles. The Bertz CT molecular complexity index is 384. The van der Waals surface area contributed by atoms with Gasteiger partial charge < -0.3 is 10.8 Å². The first-order valence-corrected chi connectivity index (χ1v) is 8.32. The third-order valence-electron chi connectivity index (χ3n) is 3.36. The molecule has 4 N–H and O–H groups in total. The second-order valence-electron chi connectivity index (χ2n) is 4.77. The lowest BCUT2D eigenvalue weighted by Crippen LogP contribution is -2.49. The van der Waals surface area contributed by atoms with Gasteiger partial charge in [-0.2, -0.15) is 0 Å². The molecule has 0 bridgehead atoms. The molecule has 1 aliphatic rings. The zero-order valence-electron chi connectivity index (χ0n) is 10.6. The normalized spacial score (nSPS) is 27.4. The van der Waals surface area contributed by atoms with Crippen molar-refractivity contribution >= 4 is 27.2 Å². The van der Waals surface area contributed by atoms with Crippen LogP contribution in [0.4, 0.5) is 0 Å². The number of aliphatic hydroxyl groups is 1. The first-order valence-electron chi connectivity index (χ1n) is 6.37. The summed E-state index contributed by atoms with van der Waals surface area (Å²) in [5.41, 5.74) is 5.45. The molecule has 0 radical (unpaired) electrons. The van der Waals surface area contributed by atoms with E-state index in [0.29, 0.717) is 19.3 Å². The van der Waals surface area contributed by atoms with Crippen LogP contribution in [0, 0.1) is 0 Å². The van der Waals surface area contributed by atoms with Crippen LogP contribution in [0.5, 0.6) is 0 Å². The van der Waals surface area contributed by atoms with E-state index in [1.165, 1.54) is 0 Å². The predicted octanol–water partition coefficient (Wildman–Crippen LogP) is 0.664. The molecule has 1 aliphatic carbocycles. The molecule has 0 aromatic rings. The molecular weight excluding hydrogens is 272 g/mol. The number of rotatable bonds is 5. The van der Waals surface area contributed by atoms with Crippen LogP contribution in [0.1, 0.15) is 45.4 Å². The van der Waals surface area contributed by atoms with Crippen molar-refractivity contribution in [2.24, 2.45) is 5.73 Å². The number of sulfonamides is 1. The largest absolute Gasteiger partial charge is 0.392 e. The molecular formula is C11H22N2O3S2. The van der Waals surface area contributed by atoms with Crippen LogP contribution in [0.3, 0.4) is 0 Å². The van der Waals surface area contributed by atoms with E-state index in [0.717, 1.165) is 19.3 Å². The van der Waals surface area contributed by atoms with Gasteiger partial charge in [0.2, 0.25) is 10.0 Å². The van der Waals surface area contributed by atoms with Crippen LogP contribution < -0.4 is 10.5 Å². The molecule has 0 aromatic heterocycles. The monoisotopic (exact) mass is 294 g/mol. The van der Waals surface area contributed by atoms with Gasteiger partial charge in [0.05, 0.1) is 11.1 Å². The van der Waals surface area contributed by atoms with Crippen molar-refractivity contribution in [1.29, 1.82) is 0 Å². The quantitative estimate of drug-likeness (QED) is 0.512. The lowest BCUT2D eigenvalue weighted by Gasteiger charge is -2.24. The molecule has 0 aromatic carbocycles. The van der Waals surface area contributed by atoms with Gasteiger partial charge in [-0.1, -0.05) is 38.4 Å². The lowest BCUT2D eigenvalue weighted by atomic mass is 10.1. The number of aliphatic hydroxyl groups excluding tert-OH is 1. The summed E-state index contributed by atoms with van der Waals surface area (Å²) in [7, 11) is -3.60. The second-order valence-corrected chi connectivity index (χ2v) is 7.14.